The number of methoxy groups -OCH3 is 2. The number of anilines is 1. The lowest BCUT2D eigenvalue weighted by Gasteiger charge is -2.07. The number of hydrogen-bond acceptors (Lipinski definition) is 7. The van der Waals surface area contributed by atoms with E-state index in [1.54, 1.807) is 18.2 Å². The summed E-state index contributed by atoms with van der Waals surface area (Å²) in [7, 11) is 3.03. The topological polar surface area (TPSA) is 85.9 Å². The Bertz CT molecular complexity index is 954. The van der Waals surface area contributed by atoms with Crippen molar-refractivity contribution < 1.29 is 22.6 Å². The van der Waals surface area contributed by atoms with Gasteiger partial charge >= 0.3 is 6.18 Å². The van der Waals surface area contributed by atoms with Gasteiger partial charge < -0.3 is 9.47 Å². The largest absolute Gasteiger partial charge is 0.493 e. The number of nitrogens with one attached hydrogen (secondary N) is 1. The number of benzene rings is 1. The maximum absolute atomic E-state index is 12.9. The summed E-state index contributed by atoms with van der Waals surface area (Å²) >= 11 is 0. The SMILES string of the molecule is COc1ccc(C=NNc2ccc3nnc(C(F)(F)F)n3n2)cc1OC. The molecule has 0 atom stereocenters. The highest BCUT2D eigenvalue weighted by Gasteiger charge is 2.37. The first-order valence-corrected chi connectivity index (χ1v) is 7.23. The van der Waals surface area contributed by atoms with Crippen LogP contribution in [0.4, 0.5) is 19.0 Å². The Hall–Kier alpha value is -3.37. The van der Waals surface area contributed by atoms with Crippen molar-refractivity contribution in [2.24, 2.45) is 5.10 Å². The molecule has 3 rings (SSSR count). The fourth-order valence-electron chi connectivity index (χ4n) is 2.13. The quantitative estimate of drug-likeness (QED) is 0.552. The Morgan fingerprint density at radius 3 is 2.54 bits per heavy atom. The van der Waals surface area contributed by atoms with Gasteiger partial charge in [0.05, 0.1) is 20.4 Å². The number of halogens is 3. The van der Waals surface area contributed by atoms with E-state index in [1.807, 2.05) is 0 Å². The summed E-state index contributed by atoms with van der Waals surface area (Å²) in [4.78, 5) is 0. The number of ether oxygens (including phenoxy) is 2. The van der Waals surface area contributed by atoms with E-state index in [0.717, 1.165) is 0 Å². The normalized spacial score (nSPS) is 11.9. The number of aromatic nitrogens is 4. The van der Waals surface area contributed by atoms with Crippen molar-refractivity contribution in [3.05, 3.63) is 41.7 Å². The standard InChI is InChI=1S/C15H13F3N6O2/c1-25-10-4-3-9(7-11(10)26-2)8-19-20-12-5-6-13-21-22-14(15(16,17)18)24(13)23-12/h3-8H,1-2H3,(H,20,23). The van der Waals surface area contributed by atoms with Gasteiger partial charge in [-0.05, 0) is 35.9 Å². The summed E-state index contributed by atoms with van der Waals surface area (Å²) in [5, 5.41) is 14.3. The Balaban J connectivity index is 1.80. The van der Waals surface area contributed by atoms with Gasteiger partial charge in [0.15, 0.2) is 23.0 Å². The Morgan fingerprint density at radius 1 is 1.08 bits per heavy atom. The van der Waals surface area contributed by atoms with Gasteiger partial charge in [-0.2, -0.15) is 22.8 Å². The first-order chi connectivity index (χ1) is 12.4. The second-order valence-corrected chi connectivity index (χ2v) is 4.99. The number of hydrogen-bond donors (Lipinski definition) is 1. The van der Waals surface area contributed by atoms with Crippen LogP contribution >= 0.6 is 0 Å². The first-order valence-electron chi connectivity index (χ1n) is 7.23. The van der Waals surface area contributed by atoms with Gasteiger partial charge in [0.25, 0.3) is 5.82 Å². The molecule has 0 radical (unpaired) electrons. The summed E-state index contributed by atoms with van der Waals surface area (Å²) in [6.45, 7) is 0. The van der Waals surface area contributed by atoms with E-state index in [1.165, 1.54) is 32.6 Å². The van der Waals surface area contributed by atoms with Crippen LogP contribution in [0.3, 0.4) is 0 Å². The lowest BCUT2D eigenvalue weighted by atomic mass is 10.2. The van der Waals surface area contributed by atoms with Crippen molar-refractivity contribution in [2.45, 2.75) is 6.18 Å². The van der Waals surface area contributed by atoms with E-state index in [-0.39, 0.29) is 11.5 Å². The van der Waals surface area contributed by atoms with Crippen molar-refractivity contribution in [1.29, 1.82) is 0 Å². The molecule has 0 saturated carbocycles. The fourth-order valence-corrected chi connectivity index (χ4v) is 2.13. The predicted molar refractivity (Wildman–Crippen MR) is 86.5 cm³/mol. The van der Waals surface area contributed by atoms with Crippen LogP contribution in [0, 0.1) is 0 Å². The molecule has 1 aromatic carbocycles. The first kappa shape index (κ1) is 17.5. The maximum atomic E-state index is 12.9. The molecule has 2 aromatic heterocycles. The third kappa shape index (κ3) is 3.50. The second-order valence-electron chi connectivity index (χ2n) is 4.99. The van der Waals surface area contributed by atoms with Crippen molar-refractivity contribution in [3.8, 4) is 11.5 Å². The van der Waals surface area contributed by atoms with Gasteiger partial charge in [-0.25, -0.2) is 0 Å². The highest BCUT2D eigenvalue weighted by atomic mass is 19.4. The zero-order valence-electron chi connectivity index (χ0n) is 13.7. The summed E-state index contributed by atoms with van der Waals surface area (Å²) in [6.07, 6.45) is -3.20. The Labute approximate surface area is 145 Å². The molecule has 0 bridgehead atoms. The van der Waals surface area contributed by atoms with Gasteiger partial charge in [-0.15, -0.1) is 15.3 Å². The molecule has 8 nitrogen and oxygen atoms in total. The predicted octanol–water partition coefficient (Wildman–Crippen LogP) is 2.61. The molecule has 0 aliphatic carbocycles. The van der Waals surface area contributed by atoms with Crippen molar-refractivity contribution in [2.75, 3.05) is 19.6 Å². The molecule has 0 aliphatic rings. The van der Waals surface area contributed by atoms with Crippen LogP contribution in [0.15, 0.2) is 35.4 Å². The third-order valence-electron chi connectivity index (χ3n) is 3.32. The maximum Gasteiger partial charge on any atom is 0.453 e. The highest BCUT2D eigenvalue weighted by Crippen LogP contribution is 2.28. The van der Waals surface area contributed by atoms with Gasteiger partial charge in [-0.3, -0.25) is 5.43 Å². The molecule has 1 N–H and O–H groups in total. The van der Waals surface area contributed by atoms with Crippen LogP contribution in [0.2, 0.25) is 0 Å². The van der Waals surface area contributed by atoms with Crippen molar-refractivity contribution in [3.63, 3.8) is 0 Å². The monoisotopic (exact) mass is 366 g/mol. The summed E-state index contributed by atoms with van der Waals surface area (Å²) in [5.41, 5.74) is 3.23. The van der Waals surface area contributed by atoms with E-state index in [4.69, 9.17) is 9.47 Å². The van der Waals surface area contributed by atoms with E-state index in [0.29, 0.717) is 21.6 Å². The number of alkyl halides is 3. The van der Waals surface area contributed by atoms with Crippen LogP contribution in [-0.4, -0.2) is 40.2 Å². The second kappa shape index (κ2) is 6.86. The molecule has 0 fully saturated rings. The molecule has 0 saturated heterocycles. The molecule has 0 amide bonds. The Kier molecular flexibility index (Phi) is 4.61. The summed E-state index contributed by atoms with van der Waals surface area (Å²) < 4.78 is 49.5. The molecule has 2 heterocycles. The lowest BCUT2D eigenvalue weighted by Crippen LogP contribution is -2.13. The lowest BCUT2D eigenvalue weighted by molar-refractivity contribution is -0.146. The molecule has 0 spiro atoms. The fraction of sp³-hybridized carbons (Fsp3) is 0.200. The van der Waals surface area contributed by atoms with Gasteiger partial charge in [0, 0.05) is 0 Å². The van der Waals surface area contributed by atoms with Crippen LogP contribution in [0.1, 0.15) is 11.4 Å². The van der Waals surface area contributed by atoms with E-state index >= 15 is 0 Å². The van der Waals surface area contributed by atoms with Crippen LogP contribution in [0.5, 0.6) is 11.5 Å². The van der Waals surface area contributed by atoms with Crippen LogP contribution in [-0.2, 0) is 6.18 Å². The molecular weight excluding hydrogens is 353 g/mol. The zero-order valence-corrected chi connectivity index (χ0v) is 13.7. The van der Waals surface area contributed by atoms with E-state index < -0.39 is 12.0 Å². The average Bonchev–Trinajstić information content (AvgIpc) is 3.05. The smallest absolute Gasteiger partial charge is 0.453 e. The van der Waals surface area contributed by atoms with Crippen LogP contribution < -0.4 is 14.9 Å². The Morgan fingerprint density at radius 2 is 1.85 bits per heavy atom. The van der Waals surface area contributed by atoms with Crippen molar-refractivity contribution in [1.82, 2.24) is 19.8 Å². The molecule has 0 aliphatic heterocycles. The minimum Gasteiger partial charge on any atom is -0.493 e. The number of rotatable bonds is 5. The van der Waals surface area contributed by atoms with E-state index in [9.17, 15) is 13.2 Å². The molecule has 0 unspecified atom stereocenters. The van der Waals surface area contributed by atoms with Gasteiger partial charge in [0.1, 0.15) is 0 Å². The highest BCUT2D eigenvalue weighted by molar-refractivity contribution is 5.81. The molecule has 11 heteroatoms. The minimum atomic E-state index is -4.66. The molecular formula is C15H13F3N6O2. The minimum absolute atomic E-state index is 0.0215. The molecule has 26 heavy (non-hydrogen) atoms. The molecule has 136 valence electrons. The van der Waals surface area contributed by atoms with E-state index in [2.05, 4.69) is 25.8 Å². The number of hydrazone groups is 1. The van der Waals surface area contributed by atoms with Crippen LogP contribution in [0.25, 0.3) is 5.65 Å². The zero-order chi connectivity index (χ0) is 18.7. The summed E-state index contributed by atoms with van der Waals surface area (Å²) in [6, 6.07) is 7.93. The summed E-state index contributed by atoms with van der Waals surface area (Å²) in [5.74, 6) is -0.0214. The number of fused-ring (bicyclic) bond motifs is 1. The van der Waals surface area contributed by atoms with Crippen molar-refractivity contribution >= 4 is 17.7 Å². The molecule has 3 aromatic rings. The van der Waals surface area contributed by atoms with Gasteiger partial charge in [-0.1, -0.05) is 0 Å². The number of nitrogens with zero attached hydrogens (tertiary/aromatic N) is 5. The van der Waals surface area contributed by atoms with Gasteiger partial charge in [0.2, 0.25) is 0 Å². The third-order valence-corrected chi connectivity index (χ3v) is 3.32. The average molecular weight is 366 g/mol.